The van der Waals surface area contributed by atoms with Crippen LogP contribution in [0.2, 0.25) is 0 Å². The van der Waals surface area contributed by atoms with Crippen molar-refractivity contribution in [2.24, 2.45) is 5.92 Å². The Morgan fingerprint density at radius 2 is 2.38 bits per heavy atom. The minimum absolute atomic E-state index is 0.203. The fourth-order valence-electron chi connectivity index (χ4n) is 3.12. The van der Waals surface area contributed by atoms with Gasteiger partial charge in [0.25, 0.3) is 0 Å². The molecule has 16 heavy (non-hydrogen) atoms. The largest absolute Gasteiger partial charge is 0.377 e. The summed E-state index contributed by atoms with van der Waals surface area (Å²) in [6, 6.07) is 0. The van der Waals surface area contributed by atoms with E-state index in [1.54, 1.807) is 6.08 Å². The van der Waals surface area contributed by atoms with Crippen LogP contribution in [0, 0.1) is 5.92 Å². The number of halogens is 1. The molecule has 2 rings (SSSR count). The average molecular weight is 227 g/mol. The first-order valence-corrected chi connectivity index (χ1v) is 6.30. The summed E-state index contributed by atoms with van der Waals surface area (Å²) in [5.74, 6) is 0.376. The van der Waals surface area contributed by atoms with Crippen molar-refractivity contribution >= 4 is 0 Å². The molecule has 0 N–H and O–H groups in total. The summed E-state index contributed by atoms with van der Waals surface area (Å²) < 4.78 is 18.0. The Kier molecular flexibility index (Phi) is 3.65. The van der Waals surface area contributed by atoms with Gasteiger partial charge in [-0.15, -0.1) is 0 Å². The lowest BCUT2D eigenvalue weighted by atomic mass is 9.91. The standard InChI is InChI=1S/C13H22FNO/c1-11(2)16-10-13-5-3-7-15(13)9-12(8-13)4-6-14/h4,6,11-12H,3,5,7-10H2,1-2H3/b6-4+. The summed E-state index contributed by atoms with van der Waals surface area (Å²) >= 11 is 0. The Bertz CT molecular complexity index is 267. The van der Waals surface area contributed by atoms with Crippen LogP contribution in [0.25, 0.3) is 0 Å². The van der Waals surface area contributed by atoms with Gasteiger partial charge in [-0.05, 0) is 45.6 Å². The average Bonchev–Trinajstić information content (AvgIpc) is 2.72. The maximum absolute atomic E-state index is 12.2. The lowest BCUT2D eigenvalue weighted by molar-refractivity contribution is 0.00297. The van der Waals surface area contributed by atoms with E-state index in [4.69, 9.17) is 4.74 Å². The van der Waals surface area contributed by atoms with E-state index in [0.29, 0.717) is 12.2 Å². The molecule has 2 unspecified atom stereocenters. The molecular weight excluding hydrogens is 205 g/mol. The molecule has 0 saturated carbocycles. The van der Waals surface area contributed by atoms with Gasteiger partial charge < -0.3 is 4.74 Å². The highest BCUT2D eigenvalue weighted by Gasteiger charge is 2.47. The van der Waals surface area contributed by atoms with Crippen LogP contribution >= 0.6 is 0 Å². The minimum atomic E-state index is 0.203. The molecule has 0 spiro atoms. The molecule has 2 aliphatic heterocycles. The quantitative estimate of drug-likeness (QED) is 0.732. The Morgan fingerprint density at radius 3 is 3.06 bits per heavy atom. The highest BCUT2D eigenvalue weighted by Crippen LogP contribution is 2.42. The zero-order valence-corrected chi connectivity index (χ0v) is 10.3. The smallest absolute Gasteiger partial charge is 0.0830 e. The van der Waals surface area contributed by atoms with E-state index < -0.39 is 0 Å². The lowest BCUT2D eigenvalue weighted by Crippen LogP contribution is -2.43. The van der Waals surface area contributed by atoms with Gasteiger partial charge in [0.1, 0.15) is 0 Å². The van der Waals surface area contributed by atoms with E-state index in [0.717, 1.165) is 26.1 Å². The predicted octanol–water partition coefficient (Wildman–Crippen LogP) is 2.75. The second-order valence-corrected chi connectivity index (χ2v) is 5.42. The van der Waals surface area contributed by atoms with E-state index >= 15 is 0 Å². The fourth-order valence-corrected chi connectivity index (χ4v) is 3.12. The summed E-state index contributed by atoms with van der Waals surface area (Å²) in [5.41, 5.74) is 0.203. The molecule has 0 radical (unpaired) electrons. The Balaban J connectivity index is 1.99. The molecule has 3 heteroatoms. The molecule has 2 fully saturated rings. The van der Waals surface area contributed by atoms with Gasteiger partial charge in [0.2, 0.25) is 0 Å². The van der Waals surface area contributed by atoms with Crippen molar-refractivity contribution in [2.45, 2.75) is 44.8 Å². The molecule has 0 amide bonds. The third-order valence-corrected chi connectivity index (χ3v) is 3.87. The number of hydrogen-bond donors (Lipinski definition) is 0. The predicted molar refractivity (Wildman–Crippen MR) is 63.0 cm³/mol. The molecule has 2 nitrogen and oxygen atoms in total. The van der Waals surface area contributed by atoms with Crippen LogP contribution in [0.3, 0.4) is 0 Å². The summed E-state index contributed by atoms with van der Waals surface area (Å²) in [6.07, 6.45) is 6.20. The maximum atomic E-state index is 12.2. The van der Waals surface area contributed by atoms with E-state index in [1.807, 2.05) is 0 Å². The zero-order chi connectivity index (χ0) is 11.6. The maximum Gasteiger partial charge on any atom is 0.0830 e. The summed E-state index contributed by atoms with van der Waals surface area (Å²) in [4.78, 5) is 2.50. The van der Waals surface area contributed by atoms with Crippen molar-refractivity contribution < 1.29 is 9.13 Å². The second kappa shape index (κ2) is 4.84. The molecule has 0 aromatic rings. The van der Waals surface area contributed by atoms with Gasteiger partial charge >= 0.3 is 0 Å². The SMILES string of the molecule is CC(C)OCC12CCCN1CC(/C=C/F)C2. The number of hydrogen-bond acceptors (Lipinski definition) is 2. The normalized spacial score (nSPS) is 35.4. The first-order valence-electron chi connectivity index (χ1n) is 6.30. The highest BCUT2D eigenvalue weighted by atomic mass is 19.1. The summed E-state index contributed by atoms with van der Waals surface area (Å²) in [6.45, 7) is 7.11. The van der Waals surface area contributed by atoms with Gasteiger partial charge in [-0.2, -0.15) is 0 Å². The highest BCUT2D eigenvalue weighted by molar-refractivity contribution is 5.07. The fraction of sp³-hybridized carbons (Fsp3) is 0.846. The van der Waals surface area contributed by atoms with Gasteiger partial charge in [0.05, 0.1) is 19.0 Å². The molecule has 2 atom stereocenters. The van der Waals surface area contributed by atoms with Crippen LogP contribution in [0.5, 0.6) is 0 Å². The van der Waals surface area contributed by atoms with Crippen molar-refractivity contribution in [1.29, 1.82) is 0 Å². The van der Waals surface area contributed by atoms with Crippen LogP contribution in [-0.4, -0.2) is 36.2 Å². The first-order chi connectivity index (χ1) is 7.66. The van der Waals surface area contributed by atoms with Crippen molar-refractivity contribution in [2.75, 3.05) is 19.7 Å². The number of fused-ring (bicyclic) bond motifs is 1. The molecular formula is C13H22FNO. The van der Waals surface area contributed by atoms with E-state index in [2.05, 4.69) is 18.7 Å². The summed E-state index contributed by atoms with van der Waals surface area (Å²) in [7, 11) is 0. The van der Waals surface area contributed by atoms with Gasteiger partial charge in [-0.3, -0.25) is 4.90 Å². The van der Waals surface area contributed by atoms with E-state index in [1.165, 1.54) is 12.8 Å². The van der Waals surface area contributed by atoms with Gasteiger partial charge in [-0.25, -0.2) is 4.39 Å². The van der Waals surface area contributed by atoms with Crippen LogP contribution in [0.15, 0.2) is 12.4 Å². The van der Waals surface area contributed by atoms with Crippen LogP contribution in [-0.2, 0) is 4.74 Å². The first kappa shape index (κ1) is 12.1. The third-order valence-electron chi connectivity index (χ3n) is 3.87. The second-order valence-electron chi connectivity index (χ2n) is 5.42. The molecule has 2 heterocycles. The monoisotopic (exact) mass is 227 g/mol. The molecule has 0 bridgehead atoms. The Morgan fingerprint density at radius 1 is 1.56 bits per heavy atom. The lowest BCUT2D eigenvalue weighted by Gasteiger charge is -2.32. The van der Waals surface area contributed by atoms with Crippen molar-refractivity contribution in [1.82, 2.24) is 4.90 Å². The van der Waals surface area contributed by atoms with Crippen LogP contribution < -0.4 is 0 Å². The minimum Gasteiger partial charge on any atom is -0.377 e. The summed E-state index contributed by atoms with van der Waals surface area (Å²) in [5, 5.41) is 0. The number of rotatable bonds is 4. The molecule has 0 aromatic carbocycles. The molecule has 2 aliphatic rings. The van der Waals surface area contributed by atoms with Crippen molar-refractivity contribution in [3.8, 4) is 0 Å². The van der Waals surface area contributed by atoms with Crippen molar-refractivity contribution in [3.05, 3.63) is 12.4 Å². The number of ether oxygens (including phenoxy) is 1. The molecule has 0 aromatic heterocycles. The molecule has 2 saturated heterocycles. The van der Waals surface area contributed by atoms with Gasteiger partial charge in [-0.1, -0.05) is 6.08 Å². The van der Waals surface area contributed by atoms with Crippen LogP contribution in [0.4, 0.5) is 4.39 Å². The molecule has 0 aliphatic carbocycles. The van der Waals surface area contributed by atoms with Crippen LogP contribution in [0.1, 0.15) is 33.1 Å². The van der Waals surface area contributed by atoms with Gasteiger partial charge in [0, 0.05) is 12.1 Å². The number of nitrogens with zero attached hydrogens (tertiary/aromatic N) is 1. The van der Waals surface area contributed by atoms with E-state index in [-0.39, 0.29) is 11.6 Å². The Labute approximate surface area is 97.5 Å². The van der Waals surface area contributed by atoms with E-state index in [9.17, 15) is 4.39 Å². The molecule has 92 valence electrons. The van der Waals surface area contributed by atoms with Gasteiger partial charge in [0.15, 0.2) is 0 Å². The Hall–Kier alpha value is -0.410. The topological polar surface area (TPSA) is 12.5 Å². The zero-order valence-electron chi connectivity index (χ0n) is 10.3. The van der Waals surface area contributed by atoms with Crippen molar-refractivity contribution in [3.63, 3.8) is 0 Å². The third kappa shape index (κ3) is 2.30.